The van der Waals surface area contributed by atoms with Crippen LogP contribution < -0.4 is 10.6 Å². The quantitative estimate of drug-likeness (QED) is 0.0237. The third-order valence-electron chi connectivity index (χ3n) is 7.86. The Morgan fingerprint density at radius 1 is 0.745 bits per heavy atom. The zero-order valence-corrected chi connectivity index (χ0v) is 35.0. The Morgan fingerprint density at radius 3 is 1.49 bits per heavy atom. The second-order valence-electron chi connectivity index (χ2n) is 12.6. The number of aliphatic hydroxyl groups is 1. The monoisotopic (exact) mass is 968 g/mol. The summed E-state index contributed by atoms with van der Waals surface area (Å²) in [4.78, 5) is 49.3. The average Bonchev–Trinajstić information content (AvgIpc) is 3.04. The van der Waals surface area contributed by atoms with Crippen LogP contribution in [0.2, 0.25) is 18.1 Å². The van der Waals surface area contributed by atoms with Crippen LogP contribution in [0.1, 0.15) is 55.3 Å². The molecule has 0 heterocycles. The number of Topliss-reactive ketones (excluding diaryl/α,β-unsaturated/α-hetero) is 2. The van der Waals surface area contributed by atoms with E-state index in [9.17, 15) is 36.7 Å². The van der Waals surface area contributed by atoms with Gasteiger partial charge in [0.2, 0.25) is 0 Å². The Kier molecular flexibility index (Phi) is 20.5. The molecule has 0 saturated carbocycles. The molecule has 3 N–H and O–H groups in total. The van der Waals surface area contributed by atoms with Gasteiger partial charge in [0.15, 0.2) is 19.9 Å². The van der Waals surface area contributed by atoms with Gasteiger partial charge in [-0.2, -0.15) is 0 Å². The fourth-order valence-corrected chi connectivity index (χ4v) is 6.00. The maximum atomic E-state index is 14.1. The van der Waals surface area contributed by atoms with Gasteiger partial charge in [-0.3, -0.25) is 19.2 Å². The third kappa shape index (κ3) is 14.7. The van der Waals surface area contributed by atoms with Crippen molar-refractivity contribution in [2.45, 2.75) is 52.8 Å². The van der Waals surface area contributed by atoms with Gasteiger partial charge in [0.25, 0.3) is 0 Å². The molecule has 2 aromatic rings. The summed E-state index contributed by atoms with van der Waals surface area (Å²) < 4.78 is 70.7. The summed E-state index contributed by atoms with van der Waals surface area (Å²) in [5, 5.41) is 14.5. The normalized spacial score (nSPS) is 12.7. The average molecular weight is 969 g/mol. The van der Waals surface area contributed by atoms with Crippen molar-refractivity contribution in [1.29, 1.82) is 0 Å². The molecule has 2 rings (SSSR count). The van der Waals surface area contributed by atoms with Crippen LogP contribution in [-0.2, 0) is 23.5 Å². The van der Waals surface area contributed by atoms with Gasteiger partial charge in [-0.1, -0.05) is 20.8 Å². The smallest absolute Gasteiger partial charge is 0.318 e. The van der Waals surface area contributed by atoms with E-state index in [0.717, 1.165) is 12.1 Å². The van der Waals surface area contributed by atoms with E-state index >= 15 is 0 Å². The molecular weight excluding hydrogens is 922 g/mol. The molecule has 0 aliphatic heterocycles. The Labute approximate surface area is 324 Å². The molecule has 0 aliphatic rings. The van der Waals surface area contributed by atoms with E-state index in [2.05, 4.69) is 44.5 Å². The fraction of sp³-hybridized carbons (Fsp3) is 0.529. The van der Waals surface area contributed by atoms with Crippen LogP contribution in [0.25, 0.3) is 0 Å². The van der Waals surface area contributed by atoms with Gasteiger partial charge in [0, 0.05) is 52.1 Å². The summed E-state index contributed by atoms with van der Waals surface area (Å²) >= 11 is 3.31. The van der Waals surface area contributed by atoms with Crippen LogP contribution in [0.4, 0.5) is 17.6 Å². The molecule has 286 valence electrons. The number of halogens is 6. The molecule has 0 bridgehead atoms. The Bertz CT molecular complexity index is 1510. The SMILES string of the molecule is CCOC(=O)C(CNCCO)C(=O)c1cc(I)c(F)cc1F.CCOC(=O)C(CNCCO[Si](C)(C)C(C)(C)C)C(=O)c1cc(I)c(F)cc1F. The van der Waals surface area contributed by atoms with Gasteiger partial charge in [-0.05, 0) is 89.3 Å². The maximum absolute atomic E-state index is 14.1. The summed E-state index contributed by atoms with van der Waals surface area (Å²) in [5.74, 6) is -9.11. The number of carbonyl (C=O) groups is 4. The molecule has 0 spiro atoms. The molecule has 0 fully saturated rings. The number of ether oxygens (including phenoxy) is 2. The second-order valence-corrected chi connectivity index (χ2v) is 19.7. The van der Waals surface area contributed by atoms with Crippen molar-refractivity contribution < 1.29 is 55.7 Å². The van der Waals surface area contributed by atoms with Crippen LogP contribution in [0.5, 0.6) is 0 Å². The van der Waals surface area contributed by atoms with E-state index in [1.54, 1.807) is 59.0 Å². The number of esters is 2. The fourth-order valence-electron chi connectivity index (χ4n) is 4.02. The molecule has 0 radical (unpaired) electrons. The number of carbonyl (C=O) groups excluding carboxylic acids is 4. The summed E-state index contributed by atoms with van der Waals surface area (Å²) in [6.07, 6.45) is 0. The number of rotatable bonds is 18. The number of ketones is 2. The molecule has 0 saturated heterocycles. The maximum Gasteiger partial charge on any atom is 0.318 e. The van der Waals surface area contributed by atoms with Gasteiger partial charge in [0.05, 0.1) is 30.9 Å². The summed E-state index contributed by atoms with van der Waals surface area (Å²) in [6.45, 7) is 14.8. The Morgan fingerprint density at radius 2 is 1.14 bits per heavy atom. The predicted molar refractivity (Wildman–Crippen MR) is 203 cm³/mol. The van der Waals surface area contributed by atoms with E-state index in [1.165, 1.54) is 0 Å². The zero-order chi connectivity index (χ0) is 39.1. The van der Waals surface area contributed by atoms with Crippen molar-refractivity contribution in [2.75, 3.05) is 52.6 Å². The van der Waals surface area contributed by atoms with Crippen LogP contribution >= 0.6 is 45.2 Å². The summed E-state index contributed by atoms with van der Waals surface area (Å²) in [5.41, 5.74) is -0.692. The third-order valence-corrected chi connectivity index (χ3v) is 14.1. The van der Waals surface area contributed by atoms with Crippen molar-refractivity contribution >= 4 is 77.0 Å². The van der Waals surface area contributed by atoms with E-state index in [4.69, 9.17) is 19.0 Å². The minimum Gasteiger partial charge on any atom is -0.465 e. The lowest BCUT2D eigenvalue weighted by Crippen LogP contribution is -2.43. The first-order chi connectivity index (χ1) is 23.7. The van der Waals surface area contributed by atoms with Gasteiger partial charge in [-0.15, -0.1) is 0 Å². The molecule has 2 aromatic carbocycles. The highest BCUT2D eigenvalue weighted by atomic mass is 127. The van der Waals surface area contributed by atoms with E-state index < -0.39 is 66.9 Å². The van der Waals surface area contributed by atoms with Crippen LogP contribution in [0.3, 0.4) is 0 Å². The lowest BCUT2D eigenvalue weighted by Gasteiger charge is -2.36. The zero-order valence-electron chi connectivity index (χ0n) is 29.7. The molecule has 51 heavy (non-hydrogen) atoms. The largest absolute Gasteiger partial charge is 0.465 e. The van der Waals surface area contributed by atoms with Crippen LogP contribution in [-0.4, -0.2) is 89.5 Å². The standard InChI is InChI=1S/C20H30F2INO4Si.C14H16F2INO4/c1-7-27-19(26)14(12-24-8-9-28-29(5,6)20(2,3)4)18(25)13-10-17(23)16(22)11-15(13)21;1-2-22-14(21)9(7-18-3-4-19)13(20)8-5-12(17)11(16)6-10(8)15/h10-11,14,24H,7-9,12H2,1-6H3;5-6,9,18-19H,2-4,7H2,1H3. The first-order valence-corrected chi connectivity index (χ1v) is 21.2. The summed E-state index contributed by atoms with van der Waals surface area (Å²) in [6, 6.07) is 3.43. The van der Waals surface area contributed by atoms with Gasteiger partial charge < -0.3 is 29.6 Å². The molecule has 0 amide bonds. The number of hydrogen-bond donors (Lipinski definition) is 3. The highest BCUT2D eigenvalue weighted by molar-refractivity contribution is 14.1. The minimum absolute atomic E-state index is 0.0219. The molecule has 17 heteroatoms. The first-order valence-electron chi connectivity index (χ1n) is 16.1. The highest BCUT2D eigenvalue weighted by Crippen LogP contribution is 2.36. The first kappa shape index (κ1) is 47.0. The minimum atomic E-state index is -1.89. The van der Waals surface area contributed by atoms with Crippen LogP contribution in [0.15, 0.2) is 24.3 Å². The highest BCUT2D eigenvalue weighted by Gasteiger charge is 2.37. The lowest BCUT2D eigenvalue weighted by molar-refractivity contribution is -0.147. The molecule has 10 nitrogen and oxygen atoms in total. The topological polar surface area (TPSA) is 140 Å². The van der Waals surface area contributed by atoms with Crippen LogP contribution in [0, 0.1) is 42.2 Å². The van der Waals surface area contributed by atoms with E-state index in [-0.39, 0.29) is 62.8 Å². The molecule has 0 aromatic heterocycles. The molecule has 2 atom stereocenters. The van der Waals surface area contributed by atoms with Crippen molar-refractivity contribution in [2.24, 2.45) is 11.8 Å². The van der Waals surface area contributed by atoms with E-state index in [1.807, 2.05) is 0 Å². The Hall–Kier alpha value is -2.04. The van der Waals surface area contributed by atoms with Crippen molar-refractivity contribution in [3.05, 3.63) is 65.8 Å². The van der Waals surface area contributed by atoms with E-state index in [0.29, 0.717) is 25.3 Å². The van der Waals surface area contributed by atoms with Crippen molar-refractivity contribution in [3.8, 4) is 0 Å². The van der Waals surface area contributed by atoms with Gasteiger partial charge in [0.1, 0.15) is 35.1 Å². The molecule has 2 unspecified atom stereocenters. The number of hydrogen-bond acceptors (Lipinski definition) is 10. The van der Waals surface area contributed by atoms with Gasteiger partial charge in [-0.25, -0.2) is 17.6 Å². The molecule has 0 aliphatic carbocycles. The Balaban J connectivity index is 0.000000530. The number of benzene rings is 2. The molecular formula is C34H46F4I2N2O8Si. The van der Waals surface area contributed by atoms with Gasteiger partial charge >= 0.3 is 11.9 Å². The van der Waals surface area contributed by atoms with Crippen molar-refractivity contribution in [1.82, 2.24) is 10.6 Å². The number of aliphatic hydroxyl groups excluding tert-OH is 1. The van der Waals surface area contributed by atoms with Crippen molar-refractivity contribution in [3.63, 3.8) is 0 Å². The predicted octanol–water partition coefficient (Wildman–Crippen LogP) is 6.06. The second kappa shape index (κ2) is 22.2. The summed E-state index contributed by atoms with van der Waals surface area (Å²) in [7, 11) is -1.89. The number of nitrogens with one attached hydrogen (secondary N) is 2. The lowest BCUT2D eigenvalue weighted by atomic mass is 9.97.